The third-order valence-electron chi connectivity index (χ3n) is 2.81. The Bertz CT molecular complexity index is 449. The third-order valence-corrected chi connectivity index (χ3v) is 4.08. The lowest BCUT2D eigenvalue weighted by molar-refractivity contribution is -0.123. The first-order chi connectivity index (χ1) is 8.06. The highest BCUT2D eigenvalue weighted by atomic mass is 35.5. The summed E-state index contributed by atoms with van der Waals surface area (Å²) in [6.45, 7) is 0.448. The number of carbonyl (C=O) groups excluding carboxylic acids is 2. The second-order valence-corrected chi connectivity index (χ2v) is 5.04. The van der Waals surface area contributed by atoms with E-state index in [-0.39, 0.29) is 0 Å². The van der Waals surface area contributed by atoms with Crippen LogP contribution in [-0.2, 0) is 4.79 Å². The highest BCUT2D eigenvalue weighted by molar-refractivity contribution is 6.53. The number of ketones is 1. The Labute approximate surface area is 109 Å². The molecule has 0 saturated carbocycles. The lowest BCUT2D eigenvalue weighted by Crippen LogP contribution is -2.58. The van der Waals surface area contributed by atoms with E-state index in [0.717, 1.165) is 0 Å². The van der Waals surface area contributed by atoms with Crippen molar-refractivity contribution in [2.45, 2.75) is 16.7 Å². The summed E-state index contributed by atoms with van der Waals surface area (Å²) in [7, 11) is 0. The second kappa shape index (κ2) is 4.67. The van der Waals surface area contributed by atoms with Gasteiger partial charge in [0.05, 0.1) is 5.38 Å². The summed E-state index contributed by atoms with van der Waals surface area (Å²) in [6, 6.07) is 8.47. The smallest absolute Gasteiger partial charge is 0.250 e. The van der Waals surface area contributed by atoms with Gasteiger partial charge in [-0.25, -0.2) is 0 Å². The Morgan fingerprint density at radius 3 is 2.59 bits per heavy atom. The molecule has 1 saturated heterocycles. The SMILES string of the molecule is O=C1NCCC(Cl)C1(Cl)C(=O)c1ccccc1. The van der Waals surface area contributed by atoms with E-state index in [1.165, 1.54) is 0 Å². The van der Waals surface area contributed by atoms with Crippen LogP contribution in [0.4, 0.5) is 0 Å². The molecule has 17 heavy (non-hydrogen) atoms. The Kier molecular flexibility index (Phi) is 3.40. The summed E-state index contributed by atoms with van der Waals surface area (Å²) in [4.78, 5) is 22.4. The summed E-state index contributed by atoms with van der Waals surface area (Å²) in [5.74, 6) is -0.962. The molecule has 1 fully saturated rings. The molecule has 1 heterocycles. The molecule has 1 aromatic carbocycles. The van der Waals surface area contributed by atoms with Crippen LogP contribution in [0.1, 0.15) is 16.8 Å². The van der Waals surface area contributed by atoms with Crippen LogP contribution >= 0.6 is 23.2 Å². The van der Waals surface area contributed by atoms with Crippen molar-refractivity contribution in [1.82, 2.24) is 5.32 Å². The lowest BCUT2D eigenvalue weighted by Gasteiger charge is -2.33. The molecule has 1 aliphatic rings. The number of hydrogen-bond acceptors (Lipinski definition) is 2. The molecule has 0 aromatic heterocycles. The molecule has 2 rings (SSSR count). The molecule has 2 atom stereocenters. The van der Waals surface area contributed by atoms with E-state index in [2.05, 4.69) is 5.32 Å². The second-order valence-electron chi connectivity index (χ2n) is 3.92. The van der Waals surface area contributed by atoms with E-state index in [4.69, 9.17) is 23.2 Å². The number of rotatable bonds is 2. The normalized spacial score (nSPS) is 28.6. The largest absolute Gasteiger partial charge is 0.354 e. The fourth-order valence-electron chi connectivity index (χ4n) is 1.83. The van der Waals surface area contributed by atoms with Crippen LogP contribution in [0.5, 0.6) is 0 Å². The standard InChI is InChI=1S/C12H11Cl2NO2/c13-9-6-7-15-11(17)12(9,14)10(16)8-4-2-1-3-5-8/h1-5,9H,6-7H2,(H,15,17). The number of hydrogen-bond donors (Lipinski definition) is 1. The van der Waals surface area contributed by atoms with Gasteiger partial charge in [-0.3, -0.25) is 9.59 Å². The van der Waals surface area contributed by atoms with Gasteiger partial charge < -0.3 is 5.32 Å². The average molecular weight is 272 g/mol. The first-order valence-corrected chi connectivity index (χ1v) is 6.09. The predicted octanol–water partition coefficient (Wildman–Crippen LogP) is 1.97. The number of benzene rings is 1. The van der Waals surface area contributed by atoms with Crippen LogP contribution in [0.2, 0.25) is 0 Å². The van der Waals surface area contributed by atoms with Crippen molar-refractivity contribution in [3.8, 4) is 0 Å². The van der Waals surface area contributed by atoms with Crippen molar-refractivity contribution in [3.05, 3.63) is 35.9 Å². The van der Waals surface area contributed by atoms with Gasteiger partial charge in [-0.2, -0.15) is 0 Å². The Morgan fingerprint density at radius 1 is 1.35 bits per heavy atom. The van der Waals surface area contributed by atoms with Gasteiger partial charge in [0.25, 0.3) is 5.91 Å². The molecule has 0 spiro atoms. The quantitative estimate of drug-likeness (QED) is 0.508. The van der Waals surface area contributed by atoms with Gasteiger partial charge in [0.1, 0.15) is 0 Å². The van der Waals surface area contributed by atoms with Crippen molar-refractivity contribution in [2.75, 3.05) is 6.54 Å². The fourth-order valence-corrected chi connectivity index (χ4v) is 2.42. The summed E-state index contributed by atoms with van der Waals surface area (Å²) in [5.41, 5.74) is 0.394. The van der Waals surface area contributed by atoms with Gasteiger partial charge in [-0.15, -0.1) is 11.6 Å². The summed E-state index contributed by atoms with van der Waals surface area (Å²) >= 11 is 12.2. The van der Waals surface area contributed by atoms with E-state index in [9.17, 15) is 9.59 Å². The highest BCUT2D eigenvalue weighted by Gasteiger charge is 2.52. The number of piperidine rings is 1. The van der Waals surface area contributed by atoms with Gasteiger partial charge >= 0.3 is 0 Å². The van der Waals surface area contributed by atoms with Crippen molar-refractivity contribution in [1.29, 1.82) is 0 Å². The molecule has 0 aliphatic carbocycles. The molecule has 3 nitrogen and oxygen atoms in total. The molecule has 1 aliphatic heterocycles. The third kappa shape index (κ3) is 2.05. The monoisotopic (exact) mass is 271 g/mol. The predicted molar refractivity (Wildman–Crippen MR) is 66.6 cm³/mol. The zero-order valence-electron chi connectivity index (χ0n) is 8.95. The topological polar surface area (TPSA) is 46.2 Å². The summed E-state index contributed by atoms with van der Waals surface area (Å²) in [6.07, 6.45) is 0.482. The highest BCUT2D eigenvalue weighted by Crippen LogP contribution is 2.33. The Hall–Kier alpha value is -1.06. The minimum Gasteiger partial charge on any atom is -0.354 e. The maximum Gasteiger partial charge on any atom is 0.250 e. The molecule has 1 N–H and O–H groups in total. The van der Waals surface area contributed by atoms with E-state index < -0.39 is 21.9 Å². The molecule has 0 radical (unpaired) electrons. The van der Waals surface area contributed by atoms with Gasteiger partial charge in [-0.05, 0) is 6.42 Å². The van der Waals surface area contributed by atoms with Crippen molar-refractivity contribution in [2.24, 2.45) is 0 Å². The first kappa shape index (κ1) is 12.4. The van der Waals surface area contributed by atoms with Gasteiger partial charge in [0.15, 0.2) is 5.78 Å². The molecule has 1 aromatic rings. The molecule has 90 valence electrons. The maximum atomic E-state index is 12.3. The lowest BCUT2D eigenvalue weighted by atomic mass is 9.88. The number of carbonyl (C=O) groups is 2. The Balaban J connectivity index is 2.37. The Morgan fingerprint density at radius 2 is 2.00 bits per heavy atom. The van der Waals surface area contributed by atoms with Gasteiger partial charge in [0, 0.05) is 12.1 Å². The minimum absolute atomic E-state index is 0.394. The number of halogens is 2. The summed E-state index contributed by atoms with van der Waals surface area (Å²) in [5, 5.41) is 1.89. The van der Waals surface area contributed by atoms with Gasteiger partial charge in [0.2, 0.25) is 4.87 Å². The van der Waals surface area contributed by atoms with E-state index in [0.29, 0.717) is 18.5 Å². The van der Waals surface area contributed by atoms with Crippen LogP contribution in [-0.4, -0.2) is 28.5 Å². The molecule has 2 unspecified atom stereocenters. The average Bonchev–Trinajstić information content (AvgIpc) is 2.36. The van der Waals surface area contributed by atoms with E-state index in [1.54, 1.807) is 30.3 Å². The number of amides is 1. The van der Waals surface area contributed by atoms with Crippen molar-refractivity contribution in [3.63, 3.8) is 0 Å². The van der Waals surface area contributed by atoms with Crippen LogP contribution < -0.4 is 5.32 Å². The molecular formula is C12H11Cl2NO2. The molecular weight excluding hydrogens is 261 g/mol. The zero-order valence-corrected chi connectivity index (χ0v) is 10.5. The van der Waals surface area contributed by atoms with Crippen LogP contribution in [0.3, 0.4) is 0 Å². The first-order valence-electron chi connectivity index (χ1n) is 5.28. The summed E-state index contributed by atoms with van der Waals surface area (Å²) < 4.78 is 0. The minimum atomic E-state index is -1.69. The molecule has 5 heteroatoms. The van der Waals surface area contributed by atoms with Crippen LogP contribution in [0, 0.1) is 0 Å². The molecule has 0 bridgehead atoms. The van der Waals surface area contributed by atoms with Crippen molar-refractivity contribution < 1.29 is 9.59 Å². The fraction of sp³-hybridized carbons (Fsp3) is 0.333. The number of Topliss-reactive ketones (excluding diaryl/α,β-unsaturated/α-hetero) is 1. The zero-order chi connectivity index (χ0) is 12.5. The van der Waals surface area contributed by atoms with E-state index in [1.807, 2.05) is 0 Å². The maximum absolute atomic E-state index is 12.3. The van der Waals surface area contributed by atoms with Crippen LogP contribution in [0.15, 0.2) is 30.3 Å². The van der Waals surface area contributed by atoms with E-state index >= 15 is 0 Å². The molecule has 1 amide bonds. The number of nitrogens with one attached hydrogen (secondary N) is 1. The van der Waals surface area contributed by atoms with Gasteiger partial charge in [-0.1, -0.05) is 41.9 Å². The number of alkyl halides is 2. The van der Waals surface area contributed by atoms with Crippen molar-refractivity contribution >= 4 is 34.9 Å². The van der Waals surface area contributed by atoms with Crippen LogP contribution in [0.25, 0.3) is 0 Å².